The number of nitrogens with one attached hydrogen (secondary N) is 1. The van der Waals surface area contributed by atoms with Crippen molar-refractivity contribution in [3.63, 3.8) is 0 Å². The van der Waals surface area contributed by atoms with E-state index in [2.05, 4.69) is 4.72 Å². The summed E-state index contributed by atoms with van der Waals surface area (Å²) in [7, 11) is -2.74. The molecule has 0 saturated carbocycles. The van der Waals surface area contributed by atoms with E-state index in [9.17, 15) is 18.0 Å². The van der Waals surface area contributed by atoms with Crippen LogP contribution in [0.4, 0.5) is 10.5 Å². The zero-order valence-corrected chi connectivity index (χ0v) is 21.9. The number of amides is 1. The number of sulfonamides is 1. The van der Waals surface area contributed by atoms with Crippen LogP contribution in [0.2, 0.25) is 0 Å². The van der Waals surface area contributed by atoms with E-state index in [-0.39, 0.29) is 10.8 Å². The predicted molar refractivity (Wildman–Crippen MR) is 134 cm³/mol. The number of hydrogen-bond donors (Lipinski definition) is 1. The van der Waals surface area contributed by atoms with Crippen LogP contribution in [0.15, 0.2) is 45.7 Å². The van der Waals surface area contributed by atoms with E-state index < -0.39 is 33.7 Å². The quantitative estimate of drug-likeness (QED) is 0.459. The van der Waals surface area contributed by atoms with Crippen LogP contribution in [0.5, 0.6) is 0 Å². The zero-order valence-electron chi connectivity index (χ0n) is 21.0. The molecule has 0 unspecified atom stereocenters. The fourth-order valence-electron chi connectivity index (χ4n) is 3.66. The van der Waals surface area contributed by atoms with E-state index in [0.29, 0.717) is 28.8 Å². The Morgan fingerprint density at radius 2 is 1.74 bits per heavy atom. The van der Waals surface area contributed by atoms with Gasteiger partial charge in [-0.05, 0) is 63.9 Å². The number of benzene rings is 2. The first-order valence-electron chi connectivity index (χ1n) is 11.3. The Morgan fingerprint density at radius 1 is 1.06 bits per heavy atom. The van der Waals surface area contributed by atoms with Crippen molar-refractivity contribution in [2.24, 2.45) is 5.92 Å². The number of anilines is 1. The number of nitrogens with zero attached hydrogens (tertiary/aromatic N) is 1. The minimum absolute atomic E-state index is 0.0387. The molecule has 3 rings (SSSR count). The molecule has 0 spiro atoms. The van der Waals surface area contributed by atoms with Gasteiger partial charge in [0, 0.05) is 29.1 Å². The molecule has 35 heavy (non-hydrogen) atoms. The number of furan rings is 1. The van der Waals surface area contributed by atoms with Crippen molar-refractivity contribution in [1.29, 1.82) is 0 Å². The Bertz CT molecular complexity index is 1350. The van der Waals surface area contributed by atoms with Crippen LogP contribution in [-0.4, -0.2) is 45.8 Å². The van der Waals surface area contributed by atoms with Gasteiger partial charge in [0.05, 0.1) is 12.0 Å². The van der Waals surface area contributed by atoms with Crippen molar-refractivity contribution in [2.75, 3.05) is 18.6 Å². The lowest BCUT2D eigenvalue weighted by atomic mass is 10.1. The standard InChI is InChI=1S/C25H32N2O7S/c1-8-27(24(29)32-7)16-9-12-20-19(13-16)18-11-10-17(14-21(18)33-20)35(30,31)26-22(15(2)3)23(28)34-25(4,5)6/h9-15,22,26H,8H2,1-7H3/t22-/m0/s1. The normalized spacial score (nSPS) is 13.3. The van der Waals surface area contributed by atoms with E-state index in [4.69, 9.17) is 13.9 Å². The second-order valence-electron chi connectivity index (χ2n) is 9.53. The SMILES string of the molecule is CCN(C(=O)OC)c1ccc2oc3cc(S(=O)(=O)N[C@H](C(=O)OC(C)(C)C)C(C)C)ccc3c2c1. The minimum atomic E-state index is -4.05. The maximum atomic E-state index is 13.1. The maximum absolute atomic E-state index is 13.1. The molecule has 0 bridgehead atoms. The third kappa shape index (κ3) is 5.76. The monoisotopic (exact) mass is 504 g/mol. The second-order valence-corrected chi connectivity index (χ2v) is 11.2. The third-order valence-electron chi connectivity index (χ3n) is 5.37. The summed E-state index contributed by atoms with van der Waals surface area (Å²) >= 11 is 0. The Morgan fingerprint density at radius 3 is 2.31 bits per heavy atom. The van der Waals surface area contributed by atoms with Crippen LogP contribution >= 0.6 is 0 Å². The molecule has 1 atom stereocenters. The average Bonchev–Trinajstić information content (AvgIpc) is 3.13. The molecule has 9 nitrogen and oxygen atoms in total. The topological polar surface area (TPSA) is 115 Å². The number of esters is 1. The highest BCUT2D eigenvalue weighted by Crippen LogP contribution is 2.33. The summed E-state index contributed by atoms with van der Waals surface area (Å²) in [5, 5.41) is 1.42. The van der Waals surface area contributed by atoms with Crippen molar-refractivity contribution < 1.29 is 31.9 Å². The van der Waals surface area contributed by atoms with Crippen LogP contribution in [0, 0.1) is 5.92 Å². The molecule has 0 radical (unpaired) electrons. The lowest BCUT2D eigenvalue weighted by molar-refractivity contribution is -0.158. The molecule has 190 valence electrons. The summed E-state index contributed by atoms with van der Waals surface area (Å²) in [4.78, 5) is 26.1. The smallest absolute Gasteiger partial charge is 0.413 e. The van der Waals surface area contributed by atoms with Crippen LogP contribution in [0.25, 0.3) is 21.9 Å². The number of carbonyl (C=O) groups excluding carboxylic acids is 2. The van der Waals surface area contributed by atoms with Gasteiger partial charge in [-0.1, -0.05) is 13.8 Å². The molecule has 3 aromatic rings. The molecule has 1 heterocycles. The summed E-state index contributed by atoms with van der Waals surface area (Å²) < 4.78 is 44.9. The lowest BCUT2D eigenvalue weighted by Crippen LogP contribution is -2.47. The molecule has 0 saturated heterocycles. The van der Waals surface area contributed by atoms with Gasteiger partial charge < -0.3 is 13.9 Å². The molecule has 10 heteroatoms. The van der Waals surface area contributed by atoms with Crippen LogP contribution < -0.4 is 9.62 Å². The number of hydrogen-bond acceptors (Lipinski definition) is 7. The van der Waals surface area contributed by atoms with Gasteiger partial charge in [-0.3, -0.25) is 9.69 Å². The van der Waals surface area contributed by atoms with Crippen LogP contribution in [0.3, 0.4) is 0 Å². The van der Waals surface area contributed by atoms with Gasteiger partial charge in [0.25, 0.3) is 0 Å². The number of methoxy groups -OCH3 is 1. The lowest BCUT2D eigenvalue weighted by Gasteiger charge is -2.26. The summed E-state index contributed by atoms with van der Waals surface area (Å²) in [6.45, 7) is 10.9. The van der Waals surface area contributed by atoms with Gasteiger partial charge in [-0.25, -0.2) is 13.2 Å². The van der Waals surface area contributed by atoms with Gasteiger partial charge in [-0.2, -0.15) is 4.72 Å². The van der Waals surface area contributed by atoms with Crippen molar-refractivity contribution >= 4 is 49.7 Å². The fraction of sp³-hybridized carbons (Fsp3) is 0.440. The Balaban J connectivity index is 1.98. The zero-order chi connectivity index (χ0) is 26.1. The highest BCUT2D eigenvalue weighted by atomic mass is 32.2. The maximum Gasteiger partial charge on any atom is 0.413 e. The van der Waals surface area contributed by atoms with Gasteiger partial charge >= 0.3 is 12.1 Å². The van der Waals surface area contributed by atoms with E-state index in [1.165, 1.54) is 24.1 Å². The second kappa shape index (κ2) is 9.87. The number of fused-ring (bicyclic) bond motifs is 3. The van der Waals surface area contributed by atoms with Crippen molar-refractivity contribution in [2.45, 2.75) is 58.1 Å². The molecule has 0 aliphatic carbocycles. The molecule has 1 amide bonds. The van der Waals surface area contributed by atoms with E-state index in [1.54, 1.807) is 58.9 Å². The van der Waals surface area contributed by atoms with Crippen LogP contribution in [0.1, 0.15) is 41.5 Å². The highest BCUT2D eigenvalue weighted by molar-refractivity contribution is 7.89. The predicted octanol–water partition coefficient (Wildman–Crippen LogP) is 4.82. The van der Waals surface area contributed by atoms with Crippen LogP contribution in [-0.2, 0) is 24.3 Å². The van der Waals surface area contributed by atoms with Gasteiger partial charge in [-0.15, -0.1) is 0 Å². The first-order valence-corrected chi connectivity index (χ1v) is 12.8. The van der Waals surface area contributed by atoms with Gasteiger partial charge in [0.15, 0.2) is 0 Å². The van der Waals surface area contributed by atoms with Crippen molar-refractivity contribution in [3.05, 3.63) is 36.4 Å². The molecule has 1 aromatic heterocycles. The molecule has 0 aliphatic rings. The molecular formula is C25H32N2O7S. The first-order chi connectivity index (χ1) is 16.3. The molecule has 0 fully saturated rings. The fourth-order valence-corrected chi connectivity index (χ4v) is 5.01. The molecule has 1 N–H and O–H groups in total. The summed E-state index contributed by atoms with van der Waals surface area (Å²) in [5.74, 6) is -0.969. The van der Waals surface area contributed by atoms with E-state index in [1.807, 2.05) is 6.92 Å². The third-order valence-corrected chi connectivity index (χ3v) is 6.81. The Labute approximate surface area is 205 Å². The summed E-state index contributed by atoms with van der Waals surface area (Å²) in [6.07, 6.45) is -0.483. The van der Waals surface area contributed by atoms with Crippen molar-refractivity contribution in [1.82, 2.24) is 4.72 Å². The molecule has 0 aliphatic heterocycles. The number of ether oxygens (including phenoxy) is 2. The van der Waals surface area contributed by atoms with Gasteiger partial charge in [0.1, 0.15) is 22.8 Å². The molecule has 2 aromatic carbocycles. The van der Waals surface area contributed by atoms with E-state index >= 15 is 0 Å². The highest BCUT2D eigenvalue weighted by Gasteiger charge is 2.32. The van der Waals surface area contributed by atoms with Crippen molar-refractivity contribution in [3.8, 4) is 0 Å². The molecular weight excluding hydrogens is 472 g/mol. The average molecular weight is 505 g/mol. The largest absolute Gasteiger partial charge is 0.459 e. The summed E-state index contributed by atoms with van der Waals surface area (Å²) in [6, 6.07) is 8.72. The number of carbonyl (C=O) groups is 2. The van der Waals surface area contributed by atoms with E-state index in [0.717, 1.165) is 5.39 Å². The summed E-state index contributed by atoms with van der Waals surface area (Å²) in [5.41, 5.74) is 0.786. The van der Waals surface area contributed by atoms with Gasteiger partial charge in [0.2, 0.25) is 10.0 Å². The Kier molecular flexibility index (Phi) is 7.47. The minimum Gasteiger partial charge on any atom is -0.459 e. The number of rotatable bonds is 7. The Hall–Kier alpha value is -3.11. The first kappa shape index (κ1) is 26.5.